The molecule has 0 radical (unpaired) electrons. The van der Waals surface area contributed by atoms with Crippen molar-refractivity contribution in [3.05, 3.63) is 32.9 Å². The molecule has 1 N–H and O–H groups in total. The number of hydrogen-bond acceptors (Lipinski definition) is 2. The highest BCUT2D eigenvalue weighted by Crippen LogP contribution is 2.32. The Morgan fingerprint density at radius 3 is 2.75 bits per heavy atom. The lowest BCUT2D eigenvalue weighted by Gasteiger charge is -2.07. The molecule has 0 saturated heterocycles. The van der Waals surface area contributed by atoms with E-state index < -0.39 is 0 Å². The van der Waals surface area contributed by atoms with E-state index in [0.717, 1.165) is 32.2 Å². The van der Waals surface area contributed by atoms with Gasteiger partial charge in [0.2, 0.25) is 0 Å². The fourth-order valence-corrected chi connectivity index (χ4v) is 3.06. The maximum atomic E-state index is 5.84. The second-order valence-electron chi connectivity index (χ2n) is 3.73. The van der Waals surface area contributed by atoms with E-state index >= 15 is 0 Å². The Morgan fingerprint density at radius 2 is 2.06 bits per heavy atom. The molecule has 16 heavy (non-hydrogen) atoms. The summed E-state index contributed by atoms with van der Waals surface area (Å²) in [6.45, 7) is 5.12. The van der Waals surface area contributed by atoms with Gasteiger partial charge in [-0.3, -0.25) is 0 Å². The van der Waals surface area contributed by atoms with Crippen molar-refractivity contribution in [1.82, 2.24) is 5.32 Å². The van der Waals surface area contributed by atoms with Crippen LogP contribution in [0.25, 0.3) is 11.0 Å². The van der Waals surface area contributed by atoms with Crippen molar-refractivity contribution in [2.45, 2.75) is 19.9 Å². The largest absolute Gasteiger partial charge is 0.458 e. The summed E-state index contributed by atoms with van der Waals surface area (Å²) in [6.07, 6.45) is 0. The lowest BCUT2D eigenvalue weighted by molar-refractivity contribution is 0.459. The van der Waals surface area contributed by atoms with Gasteiger partial charge < -0.3 is 9.73 Å². The first kappa shape index (κ1) is 12.1. The van der Waals surface area contributed by atoms with Crippen LogP contribution in [0.2, 0.25) is 0 Å². The summed E-state index contributed by atoms with van der Waals surface area (Å²) in [5.74, 6) is 0.968. The minimum Gasteiger partial charge on any atom is -0.458 e. The Morgan fingerprint density at radius 1 is 1.31 bits per heavy atom. The molecule has 1 unspecified atom stereocenters. The third-order valence-electron chi connectivity index (χ3n) is 2.49. The van der Waals surface area contributed by atoms with Crippen LogP contribution in [0.1, 0.15) is 25.6 Å². The van der Waals surface area contributed by atoms with Gasteiger partial charge in [0, 0.05) is 9.86 Å². The second-order valence-corrected chi connectivity index (χ2v) is 5.50. The van der Waals surface area contributed by atoms with Crippen LogP contribution in [0.4, 0.5) is 0 Å². The molecule has 1 aromatic heterocycles. The molecule has 2 aromatic rings. The summed E-state index contributed by atoms with van der Waals surface area (Å²) in [6, 6.07) is 6.38. The lowest BCUT2D eigenvalue weighted by Crippen LogP contribution is -2.16. The van der Waals surface area contributed by atoms with E-state index in [-0.39, 0.29) is 6.04 Å². The molecule has 1 atom stereocenters. The van der Waals surface area contributed by atoms with Crippen LogP contribution >= 0.6 is 31.9 Å². The van der Waals surface area contributed by atoms with E-state index in [1.807, 2.05) is 6.07 Å². The molecule has 2 nitrogen and oxygen atoms in total. The highest BCUT2D eigenvalue weighted by Gasteiger charge is 2.12. The third kappa shape index (κ3) is 2.34. The van der Waals surface area contributed by atoms with Crippen molar-refractivity contribution in [3.63, 3.8) is 0 Å². The molecule has 86 valence electrons. The Balaban J connectivity index is 2.47. The van der Waals surface area contributed by atoms with Gasteiger partial charge in [-0.25, -0.2) is 0 Å². The topological polar surface area (TPSA) is 25.2 Å². The summed E-state index contributed by atoms with van der Waals surface area (Å²) < 4.78 is 7.87. The molecule has 0 aliphatic rings. The summed E-state index contributed by atoms with van der Waals surface area (Å²) in [5, 5.41) is 4.45. The standard InChI is InChI=1S/C12H13Br2NO/c1-3-15-7(2)11-5-8-4-9(13)6-10(14)12(8)16-11/h4-7,15H,3H2,1-2H3. The van der Waals surface area contributed by atoms with Crippen molar-refractivity contribution >= 4 is 42.8 Å². The summed E-state index contributed by atoms with van der Waals surface area (Å²) >= 11 is 6.98. The Bertz CT molecular complexity index is 507. The van der Waals surface area contributed by atoms with Gasteiger partial charge in [-0.2, -0.15) is 0 Å². The number of furan rings is 1. The highest BCUT2D eigenvalue weighted by atomic mass is 79.9. The molecular formula is C12H13Br2NO. The van der Waals surface area contributed by atoms with E-state index in [0.29, 0.717) is 0 Å². The van der Waals surface area contributed by atoms with Crippen LogP contribution < -0.4 is 5.32 Å². The van der Waals surface area contributed by atoms with Crippen LogP contribution in [-0.2, 0) is 0 Å². The fraction of sp³-hybridized carbons (Fsp3) is 0.333. The van der Waals surface area contributed by atoms with Gasteiger partial charge in [-0.05, 0) is 47.6 Å². The molecule has 0 saturated carbocycles. The van der Waals surface area contributed by atoms with Crippen molar-refractivity contribution < 1.29 is 4.42 Å². The van der Waals surface area contributed by atoms with Crippen LogP contribution in [0.5, 0.6) is 0 Å². The number of benzene rings is 1. The molecular weight excluding hydrogens is 334 g/mol. The smallest absolute Gasteiger partial charge is 0.148 e. The molecule has 0 amide bonds. The molecule has 0 fully saturated rings. The fourth-order valence-electron chi connectivity index (χ4n) is 1.72. The molecule has 0 aliphatic carbocycles. The van der Waals surface area contributed by atoms with Crippen LogP contribution in [-0.4, -0.2) is 6.54 Å². The van der Waals surface area contributed by atoms with Gasteiger partial charge in [0.05, 0.1) is 10.5 Å². The van der Waals surface area contributed by atoms with Gasteiger partial charge in [0.15, 0.2) is 0 Å². The molecule has 0 bridgehead atoms. The van der Waals surface area contributed by atoms with Crippen molar-refractivity contribution in [2.75, 3.05) is 6.54 Å². The number of halogens is 2. The third-order valence-corrected chi connectivity index (χ3v) is 3.54. The van der Waals surface area contributed by atoms with Crippen molar-refractivity contribution in [2.24, 2.45) is 0 Å². The SMILES string of the molecule is CCNC(C)c1cc2cc(Br)cc(Br)c2o1. The van der Waals surface area contributed by atoms with E-state index in [9.17, 15) is 0 Å². The van der Waals surface area contributed by atoms with E-state index in [1.54, 1.807) is 0 Å². The maximum Gasteiger partial charge on any atom is 0.148 e. The predicted octanol–water partition coefficient (Wildman–Crippen LogP) is 4.63. The van der Waals surface area contributed by atoms with Gasteiger partial charge in [-0.1, -0.05) is 22.9 Å². The summed E-state index contributed by atoms with van der Waals surface area (Å²) in [5.41, 5.74) is 0.906. The average Bonchev–Trinajstić information content (AvgIpc) is 2.62. The second kappa shape index (κ2) is 4.90. The van der Waals surface area contributed by atoms with Crippen molar-refractivity contribution in [1.29, 1.82) is 0 Å². The van der Waals surface area contributed by atoms with Crippen LogP contribution in [0.3, 0.4) is 0 Å². The first-order valence-electron chi connectivity index (χ1n) is 5.23. The van der Waals surface area contributed by atoms with Crippen LogP contribution in [0, 0.1) is 0 Å². The normalized spacial score (nSPS) is 13.2. The molecule has 1 heterocycles. The van der Waals surface area contributed by atoms with Gasteiger partial charge in [0.1, 0.15) is 11.3 Å². The summed E-state index contributed by atoms with van der Waals surface area (Å²) in [4.78, 5) is 0. The predicted molar refractivity (Wildman–Crippen MR) is 73.7 cm³/mol. The quantitative estimate of drug-likeness (QED) is 0.876. The zero-order valence-corrected chi connectivity index (χ0v) is 12.4. The molecule has 1 aromatic carbocycles. The minimum atomic E-state index is 0.239. The van der Waals surface area contributed by atoms with Gasteiger partial charge in [-0.15, -0.1) is 0 Å². The number of nitrogens with one attached hydrogen (secondary N) is 1. The Labute approximate surface area is 112 Å². The molecule has 4 heteroatoms. The van der Waals surface area contributed by atoms with Gasteiger partial charge in [0.25, 0.3) is 0 Å². The van der Waals surface area contributed by atoms with E-state index in [1.165, 1.54) is 0 Å². The van der Waals surface area contributed by atoms with E-state index in [2.05, 4.69) is 63.2 Å². The number of hydrogen-bond donors (Lipinski definition) is 1. The average molecular weight is 347 g/mol. The Hall–Kier alpha value is -0.320. The first-order chi connectivity index (χ1) is 7.61. The zero-order chi connectivity index (χ0) is 11.7. The highest BCUT2D eigenvalue weighted by molar-refractivity contribution is 9.11. The summed E-state index contributed by atoms with van der Waals surface area (Å²) in [7, 11) is 0. The van der Waals surface area contributed by atoms with Gasteiger partial charge >= 0.3 is 0 Å². The zero-order valence-electron chi connectivity index (χ0n) is 9.18. The lowest BCUT2D eigenvalue weighted by atomic mass is 10.2. The molecule has 0 aliphatic heterocycles. The molecule has 2 rings (SSSR count). The van der Waals surface area contributed by atoms with Crippen molar-refractivity contribution in [3.8, 4) is 0 Å². The number of fused-ring (bicyclic) bond motifs is 1. The first-order valence-corrected chi connectivity index (χ1v) is 6.82. The minimum absolute atomic E-state index is 0.239. The molecule has 0 spiro atoms. The van der Waals surface area contributed by atoms with E-state index in [4.69, 9.17) is 4.42 Å². The Kier molecular flexibility index (Phi) is 3.72. The number of rotatable bonds is 3. The van der Waals surface area contributed by atoms with Crippen LogP contribution in [0.15, 0.2) is 31.6 Å². The monoisotopic (exact) mass is 345 g/mol. The maximum absolute atomic E-state index is 5.84.